The summed E-state index contributed by atoms with van der Waals surface area (Å²) in [6.45, 7) is 5.42. The van der Waals surface area contributed by atoms with Gasteiger partial charge in [0.25, 0.3) is 5.91 Å². The predicted molar refractivity (Wildman–Crippen MR) is 59.5 cm³/mol. The lowest BCUT2D eigenvalue weighted by Crippen LogP contribution is -2.30. The van der Waals surface area contributed by atoms with E-state index >= 15 is 0 Å². The molecule has 0 aromatic heterocycles. The Kier molecular flexibility index (Phi) is 2.37. The fourth-order valence-electron chi connectivity index (χ4n) is 1.71. The van der Waals surface area contributed by atoms with Gasteiger partial charge in [-0.25, -0.2) is 5.01 Å². The monoisotopic (exact) mass is 200 g/mol. The van der Waals surface area contributed by atoms with E-state index in [0.29, 0.717) is 0 Å². The van der Waals surface area contributed by atoms with Crippen LogP contribution < -0.4 is 0 Å². The zero-order valence-electron chi connectivity index (χ0n) is 8.55. The highest BCUT2D eigenvalue weighted by atomic mass is 16.2. The maximum Gasteiger partial charge on any atom is 0.266 e. The van der Waals surface area contributed by atoms with Crippen molar-refractivity contribution in [1.29, 1.82) is 0 Å². The zero-order chi connectivity index (χ0) is 10.8. The Hall–Kier alpha value is -1.90. The van der Waals surface area contributed by atoms with Crippen LogP contribution in [-0.4, -0.2) is 17.1 Å². The van der Waals surface area contributed by atoms with Gasteiger partial charge in [-0.2, -0.15) is 5.10 Å². The summed E-state index contributed by atoms with van der Waals surface area (Å²) >= 11 is 0. The van der Waals surface area contributed by atoms with Gasteiger partial charge in [0.15, 0.2) is 0 Å². The van der Waals surface area contributed by atoms with Gasteiger partial charge in [-0.05, 0) is 24.1 Å². The second-order valence-corrected chi connectivity index (χ2v) is 3.44. The first kappa shape index (κ1) is 9.65. The molecule has 0 saturated carbocycles. The molecule has 76 valence electrons. The van der Waals surface area contributed by atoms with Gasteiger partial charge in [0.05, 0.1) is 12.3 Å². The first-order chi connectivity index (χ1) is 7.24. The summed E-state index contributed by atoms with van der Waals surface area (Å²) in [6.07, 6.45) is 2.98. The van der Waals surface area contributed by atoms with Crippen molar-refractivity contribution in [2.24, 2.45) is 5.10 Å². The fourth-order valence-corrected chi connectivity index (χ4v) is 1.71. The average molecular weight is 200 g/mol. The second-order valence-electron chi connectivity index (χ2n) is 3.44. The van der Waals surface area contributed by atoms with Gasteiger partial charge in [0.2, 0.25) is 0 Å². The molecule has 1 aliphatic rings. The third kappa shape index (κ3) is 1.56. The van der Waals surface area contributed by atoms with Crippen molar-refractivity contribution < 1.29 is 4.79 Å². The highest BCUT2D eigenvalue weighted by Crippen LogP contribution is 2.26. The van der Waals surface area contributed by atoms with Crippen LogP contribution in [0.25, 0.3) is 0 Å². The molecule has 3 heteroatoms. The average Bonchev–Trinajstić information content (AvgIpc) is 2.29. The van der Waals surface area contributed by atoms with Crippen LogP contribution in [0.15, 0.2) is 42.0 Å². The lowest BCUT2D eigenvalue weighted by Gasteiger charge is -2.28. The molecular formula is C12H12N2O. The maximum absolute atomic E-state index is 11.5. The van der Waals surface area contributed by atoms with Crippen LogP contribution >= 0.6 is 0 Å². The quantitative estimate of drug-likeness (QED) is 0.639. The normalized spacial score (nSPS) is 18.5. The van der Waals surface area contributed by atoms with Crippen molar-refractivity contribution in [2.45, 2.75) is 13.0 Å². The first-order valence-electron chi connectivity index (χ1n) is 4.82. The molecule has 15 heavy (non-hydrogen) atoms. The van der Waals surface area contributed by atoms with Gasteiger partial charge in [-0.3, -0.25) is 4.79 Å². The van der Waals surface area contributed by atoms with Crippen molar-refractivity contribution in [3.05, 3.63) is 48.0 Å². The van der Waals surface area contributed by atoms with E-state index in [4.69, 9.17) is 0 Å². The van der Waals surface area contributed by atoms with Crippen molar-refractivity contribution >= 4 is 12.1 Å². The number of hydrogen-bond donors (Lipinski definition) is 0. The van der Waals surface area contributed by atoms with E-state index in [0.717, 1.165) is 11.1 Å². The number of fused-ring (bicyclic) bond motifs is 1. The molecule has 0 bridgehead atoms. The Labute approximate surface area is 88.7 Å². The second kappa shape index (κ2) is 3.69. The van der Waals surface area contributed by atoms with Crippen LogP contribution in [0.1, 0.15) is 24.1 Å². The molecule has 0 fully saturated rings. The topological polar surface area (TPSA) is 32.7 Å². The minimum Gasteiger partial charge on any atom is -0.268 e. The molecule has 0 N–H and O–H groups in total. The van der Waals surface area contributed by atoms with E-state index < -0.39 is 0 Å². The number of carbonyl (C=O) groups excluding carboxylic acids is 1. The number of nitrogens with zero attached hydrogens (tertiary/aromatic N) is 2. The summed E-state index contributed by atoms with van der Waals surface area (Å²) in [7, 11) is 0. The highest BCUT2D eigenvalue weighted by Gasteiger charge is 2.23. The largest absolute Gasteiger partial charge is 0.268 e. The predicted octanol–water partition coefficient (Wildman–Crippen LogP) is 2.11. The molecule has 1 aromatic rings. The summed E-state index contributed by atoms with van der Waals surface area (Å²) in [6, 6.07) is 7.89. The summed E-state index contributed by atoms with van der Waals surface area (Å²) in [5.41, 5.74) is 2.18. The molecule has 0 radical (unpaired) electrons. The first-order valence-corrected chi connectivity index (χ1v) is 4.82. The van der Waals surface area contributed by atoms with Crippen LogP contribution in [-0.2, 0) is 4.79 Å². The van der Waals surface area contributed by atoms with Crippen molar-refractivity contribution in [3.8, 4) is 0 Å². The van der Waals surface area contributed by atoms with Crippen LogP contribution in [0.5, 0.6) is 0 Å². The number of hydrogen-bond acceptors (Lipinski definition) is 2. The molecule has 1 atom stereocenters. The Morgan fingerprint density at radius 1 is 1.53 bits per heavy atom. The summed E-state index contributed by atoms with van der Waals surface area (Å²) in [5, 5.41) is 5.55. The van der Waals surface area contributed by atoms with Gasteiger partial charge in [0, 0.05) is 0 Å². The Balaban J connectivity index is 2.41. The number of hydrazone groups is 1. The van der Waals surface area contributed by atoms with E-state index in [1.165, 1.54) is 11.1 Å². The standard InChI is InChI=1S/C12H12N2O/c1-3-12(15)14-9(2)11-7-5-4-6-10(11)8-13-14/h3-9H,1H2,2H3/t9-/m1/s1. The third-order valence-corrected chi connectivity index (χ3v) is 2.53. The van der Waals surface area contributed by atoms with Crippen LogP contribution in [0.2, 0.25) is 0 Å². The van der Waals surface area contributed by atoms with E-state index in [9.17, 15) is 4.79 Å². The van der Waals surface area contributed by atoms with Gasteiger partial charge in [-0.15, -0.1) is 0 Å². The lowest BCUT2D eigenvalue weighted by atomic mass is 10.0. The Morgan fingerprint density at radius 3 is 3.00 bits per heavy atom. The van der Waals surface area contributed by atoms with Crippen molar-refractivity contribution in [2.75, 3.05) is 0 Å². The van der Waals surface area contributed by atoms with Crippen LogP contribution in [0.4, 0.5) is 0 Å². The molecule has 1 amide bonds. The number of carbonyl (C=O) groups is 1. The van der Waals surface area contributed by atoms with Crippen molar-refractivity contribution in [1.82, 2.24) is 5.01 Å². The molecule has 2 rings (SSSR count). The van der Waals surface area contributed by atoms with Gasteiger partial charge < -0.3 is 0 Å². The minimum absolute atomic E-state index is 0.0308. The summed E-state index contributed by atoms with van der Waals surface area (Å²) < 4.78 is 0. The molecule has 0 aliphatic carbocycles. The van der Waals surface area contributed by atoms with E-state index in [1.54, 1.807) is 6.21 Å². The number of rotatable bonds is 1. The lowest BCUT2D eigenvalue weighted by molar-refractivity contribution is -0.128. The fraction of sp³-hybridized carbons (Fsp3) is 0.167. The summed E-state index contributed by atoms with van der Waals surface area (Å²) in [4.78, 5) is 11.5. The van der Waals surface area contributed by atoms with Crippen LogP contribution in [0.3, 0.4) is 0 Å². The Bertz CT molecular complexity index is 437. The molecule has 1 aromatic carbocycles. The molecule has 0 spiro atoms. The molecule has 3 nitrogen and oxygen atoms in total. The van der Waals surface area contributed by atoms with Gasteiger partial charge in [-0.1, -0.05) is 30.8 Å². The minimum atomic E-state index is -0.173. The number of benzene rings is 1. The zero-order valence-corrected chi connectivity index (χ0v) is 8.55. The van der Waals surface area contributed by atoms with Gasteiger partial charge >= 0.3 is 0 Å². The summed E-state index contributed by atoms with van der Waals surface area (Å²) in [5.74, 6) is -0.173. The maximum atomic E-state index is 11.5. The molecular weight excluding hydrogens is 188 g/mol. The Morgan fingerprint density at radius 2 is 2.27 bits per heavy atom. The van der Waals surface area contributed by atoms with E-state index in [1.807, 2.05) is 31.2 Å². The number of amides is 1. The SMILES string of the molecule is C=CC(=O)N1N=Cc2ccccc2[C@H]1C. The van der Waals surface area contributed by atoms with E-state index in [-0.39, 0.29) is 11.9 Å². The third-order valence-electron chi connectivity index (χ3n) is 2.53. The molecule has 1 aliphatic heterocycles. The smallest absolute Gasteiger partial charge is 0.266 e. The molecule has 0 saturated heterocycles. The molecule has 0 unspecified atom stereocenters. The van der Waals surface area contributed by atoms with E-state index in [2.05, 4.69) is 11.7 Å². The molecule has 1 heterocycles. The van der Waals surface area contributed by atoms with Gasteiger partial charge in [0.1, 0.15) is 0 Å². The highest BCUT2D eigenvalue weighted by molar-refractivity contribution is 5.91. The van der Waals surface area contributed by atoms with Crippen molar-refractivity contribution in [3.63, 3.8) is 0 Å². The van der Waals surface area contributed by atoms with Crippen LogP contribution in [0, 0.1) is 0 Å².